The second-order valence-corrected chi connectivity index (χ2v) is 3.68. The first-order valence-electron chi connectivity index (χ1n) is 3.88. The van der Waals surface area contributed by atoms with Crippen LogP contribution in [-0.4, -0.2) is 7.11 Å². The van der Waals surface area contributed by atoms with Gasteiger partial charge in [-0.3, -0.25) is 0 Å². The highest BCUT2D eigenvalue weighted by atomic mass is 79.9. The molecule has 0 saturated carbocycles. The molecule has 0 atom stereocenters. The molecule has 1 aliphatic rings. The van der Waals surface area contributed by atoms with Gasteiger partial charge in [0.2, 0.25) is 0 Å². The molecule has 1 aliphatic heterocycles. The van der Waals surface area contributed by atoms with Crippen molar-refractivity contribution in [3.05, 3.63) is 27.7 Å². The molecule has 0 spiro atoms. The van der Waals surface area contributed by atoms with E-state index < -0.39 is 0 Å². The Labute approximate surface area is 80.1 Å². The van der Waals surface area contributed by atoms with Crippen LogP contribution < -0.4 is 10.1 Å². The summed E-state index contributed by atoms with van der Waals surface area (Å²) in [6, 6.07) is 4.16. The highest BCUT2D eigenvalue weighted by molar-refractivity contribution is 9.10. The van der Waals surface area contributed by atoms with E-state index in [4.69, 9.17) is 4.74 Å². The van der Waals surface area contributed by atoms with E-state index >= 15 is 0 Å². The van der Waals surface area contributed by atoms with E-state index in [1.165, 1.54) is 11.1 Å². The minimum atomic E-state index is 0.915. The van der Waals surface area contributed by atoms with Gasteiger partial charge in [-0.1, -0.05) is 6.07 Å². The van der Waals surface area contributed by atoms with Gasteiger partial charge in [-0.25, -0.2) is 0 Å². The molecule has 0 saturated heterocycles. The third-order valence-electron chi connectivity index (χ3n) is 2.13. The lowest BCUT2D eigenvalue weighted by Crippen LogP contribution is -2.00. The third kappa shape index (κ3) is 1.13. The molecule has 0 fully saturated rings. The smallest absolute Gasteiger partial charge is 0.137 e. The average molecular weight is 228 g/mol. The second kappa shape index (κ2) is 3.07. The number of methoxy groups -OCH3 is 1. The van der Waals surface area contributed by atoms with Crippen molar-refractivity contribution in [2.24, 2.45) is 0 Å². The van der Waals surface area contributed by atoms with Crippen LogP contribution in [0.15, 0.2) is 16.6 Å². The molecule has 1 heterocycles. The van der Waals surface area contributed by atoms with Crippen LogP contribution in [0.4, 0.5) is 0 Å². The Bertz CT molecular complexity index is 312. The summed E-state index contributed by atoms with van der Waals surface area (Å²) in [4.78, 5) is 0. The van der Waals surface area contributed by atoms with Gasteiger partial charge in [-0.05, 0) is 27.6 Å². The van der Waals surface area contributed by atoms with E-state index in [-0.39, 0.29) is 0 Å². The van der Waals surface area contributed by atoms with Crippen LogP contribution in [0, 0.1) is 0 Å². The van der Waals surface area contributed by atoms with E-state index in [1.54, 1.807) is 7.11 Å². The molecule has 0 aromatic heterocycles. The zero-order valence-corrected chi connectivity index (χ0v) is 8.44. The molecule has 12 heavy (non-hydrogen) atoms. The van der Waals surface area contributed by atoms with Crippen molar-refractivity contribution < 1.29 is 4.74 Å². The highest BCUT2D eigenvalue weighted by Gasteiger charge is 2.16. The van der Waals surface area contributed by atoms with Crippen molar-refractivity contribution in [2.75, 3.05) is 7.11 Å². The summed E-state index contributed by atoms with van der Waals surface area (Å²) < 4.78 is 6.34. The van der Waals surface area contributed by atoms with Crippen molar-refractivity contribution >= 4 is 15.9 Å². The summed E-state index contributed by atoms with van der Waals surface area (Å²) in [5.41, 5.74) is 2.63. The predicted molar refractivity (Wildman–Crippen MR) is 51.2 cm³/mol. The highest BCUT2D eigenvalue weighted by Crippen LogP contribution is 2.33. The van der Waals surface area contributed by atoms with E-state index in [2.05, 4.69) is 27.3 Å². The molecule has 1 N–H and O–H groups in total. The molecule has 0 radical (unpaired) electrons. The summed E-state index contributed by atoms with van der Waals surface area (Å²) >= 11 is 3.46. The molecular weight excluding hydrogens is 218 g/mol. The number of halogens is 1. The van der Waals surface area contributed by atoms with Crippen molar-refractivity contribution in [3.8, 4) is 5.75 Å². The van der Waals surface area contributed by atoms with E-state index in [1.807, 2.05) is 6.07 Å². The normalized spacial score (nSPS) is 14.5. The number of benzene rings is 1. The van der Waals surface area contributed by atoms with Crippen molar-refractivity contribution in [1.29, 1.82) is 0 Å². The van der Waals surface area contributed by atoms with Gasteiger partial charge in [-0.15, -0.1) is 0 Å². The quantitative estimate of drug-likeness (QED) is 0.794. The summed E-state index contributed by atoms with van der Waals surface area (Å²) in [6.07, 6.45) is 0. The van der Waals surface area contributed by atoms with Gasteiger partial charge in [-0.2, -0.15) is 0 Å². The van der Waals surface area contributed by atoms with Gasteiger partial charge >= 0.3 is 0 Å². The van der Waals surface area contributed by atoms with E-state index in [0.717, 1.165) is 23.3 Å². The summed E-state index contributed by atoms with van der Waals surface area (Å²) in [5, 5.41) is 3.29. The minimum Gasteiger partial charge on any atom is -0.495 e. The molecule has 3 heteroatoms. The first kappa shape index (κ1) is 8.08. The molecule has 0 bridgehead atoms. The number of ether oxygens (including phenoxy) is 1. The topological polar surface area (TPSA) is 21.3 Å². The van der Waals surface area contributed by atoms with Crippen LogP contribution in [0.25, 0.3) is 0 Å². The van der Waals surface area contributed by atoms with E-state index in [0.29, 0.717) is 0 Å². The standard InChI is InChI=1S/C9H10BrNO/c1-12-9-7-5-11-4-6(7)2-3-8(9)10/h2-3,11H,4-5H2,1H3. The van der Waals surface area contributed by atoms with Crippen LogP contribution >= 0.6 is 15.9 Å². The number of hydrogen-bond donors (Lipinski definition) is 1. The fourth-order valence-corrected chi connectivity index (χ4v) is 2.08. The lowest BCUT2D eigenvalue weighted by molar-refractivity contribution is 0.407. The van der Waals surface area contributed by atoms with Crippen LogP contribution in [-0.2, 0) is 13.1 Å². The Morgan fingerprint density at radius 2 is 2.25 bits per heavy atom. The number of nitrogens with one attached hydrogen (secondary N) is 1. The van der Waals surface area contributed by atoms with Gasteiger partial charge in [0.05, 0.1) is 11.6 Å². The molecular formula is C9H10BrNO. The Kier molecular flexibility index (Phi) is 2.07. The Balaban J connectivity index is 2.57. The first-order chi connectivity index (χ1) is 5.83. The van der Waals surface area contributed by atoms with Crippen molar-refractivity contribution in [3.63, 3.8) is 0 Å². The number of rotatable bonds is 1. The van der Waals surface area contributed by atoms with Crippen LogP contribution in [0.3, 0.4) is 0 Å². The summed E-state index contributed by atoms with van der Waals surface area (Å²) in [7, 11) is 1.71. The largest absolute Gasteiger partial charge is 0.495 e. The van der Waals surface area contributed by atoms with Crippen LogP contribution in [0.5, 0.6) is 5.75 Å². The fraction of sp³-hybridized carbons (Fsp3) is 0.333. The molecule has 0 unspecified atom stereocenters. The molecule has 0 amide bonds. The molecule has 64 valence electrons. The number of fused-ring (bicyclic) bond motifs is 1. The Hall–Kier alpha value is -0.540. The zero-order chi connectivity index (χ0) is 8.55. The lowest BCUT2D eigenvalue weighted by atomic mass is 10.1. The van der Waals surface area contributed by atoms with Gasteiger partial charge in [0.1, 0.15) is 5.75 Å². The minimum absolute atomic E-state index is 0.915. The van der Waals surface area contributed by atoms with Crippen molar-refractivity contribution in [2.45, 2.75) is 13.1 Å². The van der Waals surface area contributed by atoms with Crippen LogP contribution in [0.1, 0.15) is 11.1 Å². The SMILES string of the molecule is COc1c(Br)ccc2c1CNC2. The maximum atomic E-state index is 5.30. The van der Waals surface area contributed by atoms with Gasteiger partial charge in [0.15, 0.2) is 0 Å². The molecule has 2 rings (SSSR count). The van der Waals surface area contributed by atoms with Gasteiger partial charge < -0.3 is 10.1 Å². The van der Waals surface area contributed by atoms with Crippen LogP contribution in [0.2, 0.25) is 0 Å². The van der Waals surface area contributed by atoms with E-state index in [9.17, 15) is 0 Å². The Morgan fingerprint density at radius 1 is 1.42 bits per heavy atom. The Morgan fingerprint density at radius 3 is 3.00 bits per heavy atom. The maximum absolute atomic E-state index is 5.30. The van der Waals surface area contributed by atoms with Gasteiger partial charge in [0.25, 0.3) is 0 Å². The zero-order valence-electron chi connectivity index (χ0n) is 6.86. The fourth-order valence-electron chi connectivity index (χ4n) is 1.54. The lowest BCUT2D eigenvalue weighted by Gasteiger charge is -2.07. The number of hydrogen-bond acceptors (Lipinski definition) is 2. The summed E-state index contributed by atoms with van der Waals surface area (Å²) in [5.74, 6) is 0.970. The summed E-state index contributed by atoms with van der Waals surface area (Å²) in [6.45, 7) is 1.87. The molecule has 0 aliphatic carbocycles. The van der Waals surface area contributed by atoms with Gasteiger partial charge in [0, 0.05) is 18.7 Å². The first-order valence-corrected chi connectivity index (χ1v) is 4.67. The third-order valence-corrected chi connectivity index (χ3v) is 2.76. The molecule has 1 aromatic carbocycles. The van der Waals surface area contributed by atoms with Crippen molar-refractivity contribution in [1.82, 2.24) is 5.32 Å². The molecule has 2 nitrogen and oxygen atoms in total. The predicted octanol–water partition coefficient (Wildman–Crippen LogP) is 2.06. The second-order valence-electron chi connectivity index (χ2n) is 2.82. The monoisotopic (exact) mass is 227 g/mol. The maximum Gasteiger partial charge on any atom is 0.137 e. The molecule has 1 aromatic rings. The average Bonchev–Trinajstić information content (AvgIpc) is 2.52.